The summed E-state index contributed by atoms with van der Waals surface area (Å²) in [5.74, 6) is 0.853. The molecule has 1 aliphatic heterocycles. The molecule has 2 heterocycles. The van der Waals surface area contributed by atoms with Crippen LogP contribution >= 0.6 is 15.9 Å². The van der Waals surface area contributed by atoms with Crippen molar-refractivity contribution in [2.75, 3.05) is 11.9 Å². The first-order valence-electron chi connectivity index (χ1n) is 11.4. The zero-order chi connectivity index (χ0) is 22.2. The molecule has 1 aromatic heterocycles. The molecular weight excluding hydrogens is 454 g/mol. The first-order chi connectivity index (χ1) is 14.6. The highest BCUT2D eigenvalue weighted by Gasteiger charge is 2.43. The average Bonchev–Trinajstić information content (AvgIpc) is 2.66. The SMILES string of the molecule is CC(Cc1cc2cc(Br)ccc2nc1NC(C)(C)C)C(=O)NC1CCOC2(CCC2)C1. The third kappa shape index (κ3) is 5.40. The van der Waals surface area contributed by atoms with Crippen LogP contribution in [0.25, 0.3) is 10.9 Å². The molecule has 1 saturated carbocycles. The number of hydrogen-bond donors (Lipinski definition) is 2. The van der Waals surface area contributed by atoms with Gasteiger partial charge >= 0.3 is 0 Å². The maximum Gasteiger partial charge on any atom is 0.223 e. The van der Waals surface area contributed by atoms with Crippen molar-refractivity contribution in [2.24, 2.45) is 5.92 Å². The van der Waals surface area contributed by atoms with Crippen molar-refractivity contribution < 1.29 is 9.53 Å². The number of rotatable bonds is 5. The Morgan fingerprint density at radius 3 is 2.77 bits per heavy atom. The van der Waals surface area contributed by atoms with Crippen molar-refractivity contribution in [1.82, 2.24) is 10.3 Å². The summed E-state index contributed by atoms with van der Waals surface area (Å²) < 4.78 is 7.04. The normalized spacial score (nSPS) is 21.5. The largest absolute Gasteiger partial charge is 0.375 e. The highest BCUT2D eigenvalue weighted by molar-refractivity contribution is 9.10. The van der Waals surface area contributed by atoms with E-state index >= 15 is 0 Å². The minimum absolute atomic E-state index is 0.0406. The predicted molar refractivity (Wildman–Crippen MR) is 129 cm³/mol. The van der Waals surface area contributed by atoms with E-state index in [0.29, 0.717) is 6.42 Å². The van der Waals surface area contributed by atoms with E-state index in [1.807, 2.05) is 19.1 Å². The van der Waals surface area contributed by atoms with Crippen LogP contribution in [0.2, 0.25) is 0 Å². The summed E-state index contributed by atoms with van der Waals surface area (Å²) in [6.07, 6.45) is 6.01. The number of aromatic nitrogens is 1. The van der Waals surface area contributed by atoms with E-state index in [1.54, 1.807) is 0 Å². The molecule has 0 bridgehead atoms. The van der Waals surface area contributed by atoms with Gasteiger partial charge in [-0.1, -0.05) is 22.9 Å². The highest BCUT2D eigenvalue weighted by Crippen LogP contribution is 2.42. The molecule has 1 aliphatic carbocycles. The van der Waals surface area contributed by atoms with Crippen LogP contribution in [0.1, 0.15) is 65.4 Å². The van der Waals surface area contributed by atoms with Crippen LogP contribution in [-0.4, -0.2) is 34.7 Å². The molecular formula is C25H34BrN3O2. The van der Waals surface area contributed by atoms with Gasteiger partial charge in [-0.3, -0.25) is 4.79 Å². The third-order valence-electron chi connectivity index (χ3n) is 6.43. The van der Waals surface area contributed by atoms with Crippen molar-refractivity contribution in [3.8, 4) is 0 Å². The summed E-state index contributed by atoms with van der Waals surface area (Å²) in [5, 5.41) is 7.92. The fraction of sp³-hybridized carbons (Fsp3) is 0.600. The number of halogens is 1. The van der Waals surface area contributed by atoms with Crippen molar-refractivity contribution in [2.45, 2.75) is 83.4 Å². The number of fused-ring (bicyclic) bond motifs is 1. The molecule has 2 fully saturated rings. The lowest BCUT2D eigenvalue weighted by Gasteiger charge is -2.47. The second kappa shape index (κ2) is 8.70. The van der Waals surface area contributed by atoms with Crippen LogP contribution in [0, 0.1) is 5.92 Å². The zero-order valence-corrected chi connectivity index (χ0v) is 20.6. The Morgan fingerprint density at radius 1 is 1.32 bits per heavy atom. The Balaban J connectivity index is 1.50. The van der Waals surface area contributed by atoms with Gasteiger partial charge in [0.25, 0.3) is 0 Å². The monoisotopic (exact) mass is 487 g/mol. The van der Waals surface area contributed by atoms with E-state index in [0.717, 1.165) is 59.0 Å². The summed E-state index contributed by atoms with van der Waals surface area (Å²) in [6.45, 7) is 9.15. The molecule has 2 N–H and O–H groups in total. The summed E-state index contributed by atoms with van der Waals surface area (Å²) in [5.41, 5.74) is 1.95. The van der Waals surface area contributed by atoms with Gasteiger partial charge in [0.2, 0.25) is 5.91 Å². The molecule has 2 unspecified atom stereocenters. The Hall–Kier alpha value is -1.66. The van der Waals surface area contributed by atoms with Crippen LogP contribution < -0.4 is 10.6 Å². The zero-order valence-electron chi connectivity index (χ0n) is 19.1. The van der Waals surface area contributed by atoms with Crippen molar-refractivity contribution in [3.05, 3.63) is 34.3 Å². The molecule has 2 aromatic rings. The standard InChI is InChI=1S/C25H34BrN3O2/c1-16(23(30)27-20-8-11-31-25(15-20)9-5-10-25)12-18-13-17-14-19(26)6-7-21(17)28-22(18)29-24(2,3)4/h6-7,13-14,16,20H,5,8-12,15H2,1-4H3,(H,27,30)(H,28,29). The van der Waals surface area contributed by atoms with Crippen LogP contribution in [0.3, 0.4) is 0 Å². The van der Waals surface area contributed by atoms with E-state index in [1.165, 1.54) is 6.42 Å². The number of anilines is 1. The lowest BCUT2D eigenvalue weighted by molar-refractivity contribution is -0.142. The number of nitrogens with one attached hydrogen (secondary N) is 2. The second-order valence-electron chi connectivity index (χ2n) is 10.4. The molecule has 31 heavy (non-hydrogen) atoms. The Bertz CT molecular complexity index is 965. The molecule has 5 nitrogen and oxygen atoms in total. The Labute approximate surface area is 193 Å². The number of benzene rings is 1. The first-order valence-corrected chi connectivity index (χ1v) is 12.2. The third-order valence-corrected chi connectivity index (χ3v) is 6.92. The fourth-order valence-corrected chi connectivity index (χ4v) is 5.03. The molecule has 2 aliphatic rings. The lowest BCUT2D eigenvalue weighted by Crippen LogP contribution is -2.52. The Kier molecular flexibility index (Phi) is 6.32. The molecule has 0 radical (unpaired) electrons. The number of hydrogen-bond acceptors (Lipinski definition) is 4. The predicted octanol–water partition coefficient (Wildman–Crippen LogP) is 5.60. The number of pyridine rings is 1. The molecule has 4 rings (SSSR count). The number of ether oxygens (including phenoxy) is 1. The second-order valence-corrected chi connectivity index (χ2v) is 11.3. The topological polar surface area (TPSA) is 63.2 Å². The first kappa shape index (κ1) is 22.5. The average molecular weight is 488 g/mol. The maximum atomic E-state index is 13.0. The fourth-order valence-electron chi connectivity index (χ4n) is 4.65. The number of carbonyl (C=O) groups is 1. The van der Waals surface area contributed by atoms with Gasteiger partial charge < -0.3 is 15.4 Å². The summed E-state index contributed by atoms with van der Waals surface area (Å²) in [6, 6.07) is 8.51. The Morgan fingerprint density at radius 2 is 2.10 bits per heavy atom. The molecule has 1 aromatic carbocycles. The van der Waals surface area contributed by atoms with Gasteiger partial charge in [-0.25, -0.2) is 4.98 Å². The van der Waals surface area contributed by atoms with Gasteiger partial charge in [0.1, 0.15) is 5.82 Å². The van der Waals surface area contributed by atoms with Crippen LogP contribution in [-0.2, 0) is 16.0 Å². The van der Waals surface area contributed by atoms with Gasteiger partial charge in [-0.15, -0.1) is 0 Å². The molecule has 168 valence electrons. The van der Waals surface area contributed by atoms with E-state index < -0.39 is 0 Å². The minimum atomic E-state index is -0.132. The summed E-state index contributed by atoms with van der Waals surface area (Å²) >= 11 is 3.56. The number of amides is 1. The van der Waals surface area contributed by atoms with Gasteiger partial charge in [-0.05, 0) is 89.1 Å². The molecule has 2 atom stereocenters. The van der Waals surface area contributed by atoms with Crippen LogP contribution in [0.15, 0.2) is 28.7 Å². The van der Waals surface area contributed by atoms with Crippen LogP contribution in [0.5, 0.6) is 0 Å². The number of nitrogens with zero attached hydrogens (tertiary/aromatic N) is 1. The maximum absolute atomic E-state index is 13.0. The van der Waals surface area contributed by atoms with Gasteiger partial charge in [0.15, 0.2) is 0 Å². The molecule has 1 amide bonds. The van der Waals surface area contributed by atoms with Gasteiger partial charge in [0, 0.05) is 34.0 Å². The van der Waals surface area contributed by atoms with Crippen LogP contribution in [0.4, 0.5) is 5.82 Å². The van der Waals surface area contributed by atoms with Gasteiger partial charge in [-0.2, -0.15) is 0 Å². The molecule has 1 spiro atoms. The van der Waals surface area contributed by atoms with E-state index in [4.69, 9.17) is 9.72 Å². The number of carbonyl (C=O) groups excluding carboxylic acids is 1. The summed E-state index contributed by atoms with van der Waals surface area (Å²) in [7, 11) is 0. The summed E-state index contributed by atoms with van der Waals surface area (Å²) in [4.78, 5) is 17.9. The van der Waals surface area contributed by atoms with E-state index in [2.05, 4.69) is 59.5 Å². The van der Waals surface area contributed by atoms with Gasteiger partial charge in [0.05, 0.1) is 11.1 Å². The highest BCUT2D eigenvalue weighted by atomic mass is 79.9. The lowest BCUT2D eigenvalue weighted by atomic mass is 9.74. The minimum Gasteiger partial charge on any atom is -0.375 e. The smallest absolute Gasteiger partial charge is 0.223 e. The molecule has 6 heteroatoms. The van der Waals surface area contributed by atoms with Crippen molar-refractivity contribution in [1.29, 1.82) is 0 Å². The van der Waals surface area contributed by atoms with Crippen molar-refractivity contribution in [3.63, 3.8) is 0 Å². The van der Waals surface area contributed by atoms with E-state index in [9.17, 15) is 4.79 Å². The van der Waals surface area contributed by atoms with E-state index in [-0.39, 0.29) is 29.0 Å². The quantitative estimate of drug-likeness (QED) is 0.575. The molecule has 1 saturated heterocycles. The van der Waals surface area contributed by atoms with Crippen molar-refractivity contribution >= 4 is 38.6 Å².